The van der Waals surface area contributed by atoms with Crippen LogP contribution in [-0.2, 0) is 15.8 Å². The zero-order valence-electron chi connectivity index (χ0n) is 12.9. The van der Waals surface area contributed by atoms with E-state index in [0.29, 0.717) is 11.3 Å². The van der Waals surface area contributed by atoms with Gasteiger partial charge in [0, 0.05) is 6.20 Å². The molecule has 2 aromatic heterocycles. The Morgan fingerprint density at radius 2 is 1.84 bits per heavy atom. The first-order chi connectivity index (χ1) is 12.0. The van der Waals surface area contributed by atoms with Crippen molar-refractivity contribution in [1.82, 2.24) is 10.1 Å². The lowest BCUT2D eigenvalue weighted by Gasteiger charge is -2.06. The molecule has 1 aromatic carbocycles. The summed E-state index contributed by atoms with van der Waals surface area (Å²) < 4.78 is 31.9. The second-order valence-electron chi connectivity index (χ2n) is 5.16. The number of carbonyl (C=O) groups is 1. The molecule has 3 rings (SSSR count). The number of primary amides is 1. The average Bonchev–Trinajstić information content (AvgIpc) is 2.99. The van der Waals surface area contributed by atoms with Crippen molar-refractivity contribution in [2.75, 3.05) is 4.72 Å². The number of nitrogens with zero attached hydrogens (tertiary/aromatic N) is 2. The minimum Gasteiger partial charge on any atom is -0.365 e. The van der Waals surface area contributed by atoms with Crippen LogP contribution in [0.5, 0.6) is 0 Å². The van der Waals surface area contributed by atoms with E-state index in [2.05, 4.69) is 14.9 Å². The van der Waals surface area contributed by atoms with Crippen LogP contribution in [0.2, 0.25) is 0 Å². The second-order valence-corrected chi connectivity index (χ2v) is 6.88. The third-order valence-electron chi connectivity index (χ3n) is 3.29. The average molecular weight is 358 g/mol. The van der Waals surface area contributed by atoms with Gasteiger partial charge in [-0.05, 0) is 17.7 Å². The summed E-state index contributed by atoms with van der Waals surface area (Å²) in [6.07, 6.45) is 1.51. The predicted octanol–water partition coefficient (Wildman–Crippen LogP) is 1.78. The highest BCUT2D eigenvalue weighted by atomic mass is 32.2. The lowest BCUT2D eigenvalue weighted by molar-refractivity contribution is 0.100. The highest BCUT2D eigenvalue weighted by molar-refractivity contribution is 7.91. The van der Waals surface area contributed by atoms with Crippen molar-refractivity contribution in [3.8, 4) is 11.4 Å². The van der Waals surface area contributed by atoms with E-state index in [0.717, 1.165) is 0 Å². The van der Waals surface area contributed by atoms with Crippen molar-refractivity contribution < 1.29 is 17.7 Å². The van der Waals surface area contributed by atoms with E-state index in [-0.39, 0.29) is 22.9 Å². The first-order valence-corrected chi connectivity index (χ1v) is 8.87. The van der Waals surface area contributed by atoms with E-state index in [1.807, 2.05) is 0 Å². The van der Waals surface area contributed by atoms with Crippen molar-refractivity contribution in [2.45, 2.75) is 5.75 Å². The smallest absolute Gasteiger partial charge is 0.256 e. The number of sulfonamides is 1. The maximum Gasteiger partial charge on any atom is 0.256 e. The van der Waals surface area contributed by atoms with Gasteiger partial charge in [-0.1, -0.05) is 41.6 Å². The van der Waals surface area contributed by atoms with Gasteiger partial charge in [0.15, 0.2) is 0 Å². The summed E-state index contributed by atoms with van der Waals surface area (Å²) in [5.41, 5.74) is 6.20. The van der Waals surface area contributed by atoms with Gasteiger partial charge in [-0.25, -0.2) is 13.1 Å². The molecule has 25 heavy (non-hydrogen) atoms. The number of benzene rings is 1. The van der Waals surface area contributed by atoms with Crippen LogP contribution in [0, 0.1) is 0 Å². The van der Waals surface area contributed by atoms with Gasteiger partial charge in [-0.15, -0.1) is 0 Å². The quantitative estimate of drug-likeness (QED) is 0.691. The van der Waals surface area contributed by atoms with Crippen molar-refractivity contribution in [3.63, 3.8) is 0 Å². The van der Waals surface area contributed by atoms with Crippen LogP contribution in [0.1, 0.15) is 15.9 Å². The Morgan fingerprint density at radius 3 is 2.48 bits per heavy atom. The highest BCUT2D eigenvalue weighted by Gasteiger charge is 2.26. The lowest BCUT2D eigenvalue weighted by Crippen LogP contribution is -2.19. The molecule has 0 saturated heterocycles. The Balaban J connectivity index is 1.93. The van der Waals surface area contributed by atoms with Crippen LogP contribution in [0.25, 0.3) is 11.4 Å². The van der Waals surface area contributed by atoms with Gasteiger partial charge in [0.05, 0.1) is 11.4 Å². The van der Waals surface area contributed by atoms with Gasteiger partial charge in [-0.3, -0.25) is 9.78 Å². The molecular formula is C16H14N4O4S. The number of pyridine rings is 1. The fourth-order valence-corrected chi connectivity index (χ4v) is 3.36. The largest absolute Gasteiger partial charge is 0.365 e. The number of nitrogens with two attached hydrogens (primary N) is 1. The van der Waals surface area contributed by atoms with Gasteiger partial charge >= 0.3 is 0 Å². The summed E-state index contributed by atoms with van der Waals surface area (Å²) in [4.78, 5) is 15.8. The number of carbonyl (C=O) groups excluding carboxylic acids is 1. The van der Waals surface area contributed by atoms with Crippen LogP contribution in [0.4, 0.5) is 5.88 Å². The molecule has 9 heteroatoms. The number of amides is 1. The number of hydrogen-bond acceptors (Lipinski definition) is 6. The summed E-state index contributed by atoms with van der Waals surface area (Å²) in [5.74, 6) is -1.49. The molecule has 0 aliphatic rings. The van der Waals surface area contributed by atoms with E-state index in [1.54, 1.807) is 48.5 Å². The fourth-order valence-electron chi connectivity index (χ4n) is 2.24. The van der Waals surface area contributed by atoms with E-state index in [9.17, 15) is 13.2 Å². The van der Waals surface area contributed by atoms with E-state index >= 15 is 0 Å². The lowest BCUT2D eigenvalue weighted by atomic mass is 10.1. The third-order valence-corrected chi connectivity index (χ3v) is 4.50. The molecule has 8 nitrogen and oxygen atoms in total. The molecule has 0 unspecified atom stereocenters. The number of rotatable bonds is 6. The van der Waals surface area contributed by atoms with Crippen LogP contribution in [-0.4, -0.2) is 24.5 Å². The van der Waals surface area contributed by atoms with Gasteiger partial charge < -0.3 is 10.3 Å². The van der Waals surface area contributed by atoms with E-state index in [4.69, 9.17) is 10.3 Å². The summed E-state index contributed by atoms with van der Waals surface area (Å²) in [6.45, 7) is 0. The molecule has 0 aliphatic carbocycles. The Labute approximate surface area is 143 Å². The molecule has 3 N–H and O–H groups in total. The molecule has 1 amide bonds. The first kappa shape index (κ1) is 16.7. The SMILES string of the molecule is NC(=O)c1c(-c2ccccn2)noc1NS(=O)(=O)Cc1ccccc1. The van der Waals surface area contributed by atoms with Crippen molar-refractivity contribution in [2.24, 2.45) is 5.73 Å². The highest BCUT2D eigenvalue weighted by Crippen LogP contribution is 2.28. The Kier molecular flexibility index (Phi) is 4.48. The van der Waals surface area contributed by atoms with E-state index < -0.39 is 15.9 Å². The second kappa shape index (κ2) is 6.73. The molecule has 2 heterocycles. The van der Waals surface area contributed by atoms with Gasteiger partial charge in [-0.2, -0.15) is 0 Å². The van der Waals surface area contributed by atoms with Gasteiger partial charge in [0.25, 0.3) is 11.8 Å². The summed E-state index contributed by atoms with van der Waals surface area (Å²) in [7, 11) is -3.82. The third kappa shape index (κ3) is 3.83. The fraction of sp³-hybridized carbons (Fsp3) is 0.0625. The standard InChI is InChI=1S/C16H14N4O4S/c17-15(21)13-14(12-8-4-5-9-18-12)19-24-16(13)20-25(22,23)10-11-6-2-1-3-7-11/h1-9,20H,10H2,(H2,17,21). The van der Waals surface area contributed by atoms with Crippen molar-refractivity contribution >= 4 is 21.8 Å². The summed E-state index contributed by atoms with van der Waals surface area (Å²) >= 11 is 0. The van der Waals surface area contributed by atoms with Crippen LogP contribution in [0.3, 0.4) is 0 Å². The first-order valence-electron chi connectivity index (χ1n) is 7.21. The van der Waals surface area contributed by atoms with Crippen LogP contribution < -0.4 is 10.5 Å². The Bertz CT molecular complexity index is 985. The molecule has 0 saturated carbocycles. The molecule has 0 atom stereocenters. The number of anilines is 1. The van der Waals surface area contributed by atoms with Gasteiger partial charge in [0.1, 0.15) is 11.3 Å². The van der Waals surface area contributed by atoms with Crippen LogP contribution >= 0.6 is 0 Å². The maximum absolute atomic E-state index is 12.3. The Morgan fingerprint density at radius 1 is 1.12 bits per heavy atom. The topological polar surface area (TPSA) is 128 Å². The van der Waals surface area contributed by atoms with E-state index in [1.165, 1.54) is 6.20 Å². The molecule has 0 bridgehead atoms. The molecule has 0 spiro atoms. The zero-order valence-corrected chi connectivity index (χ0v) is 13.7. The molecule has 0 fully saturated rings. The molecule has 0 radical (unpaired) electrons. The summed E-state index contributed by atoms with van der Waals surface area (Å²) in [5, 5.41) is 3.73. The maximum atomic E-state index is 12.3. The zero-order chi connectivity index (χ0) is 17.9. The van der Waals surface area contributed by atoms with Crippen LogP contribution in [0.15, 0.2) is 59.3 Å². The molecule has 0 aliphatic heterocycles. The normalized spacial score (nSPS) is 11.2. The monoisotopic (exact) mass is 358 g/mol. The molecule has 3 aromatic rings. The minimum absolute atomic E-state index is 0.0745. The predicted molar refractivity (Wildman–Crippen MR) is 90.9 cm³/mol. The van der Waals surface area contributed by atoms with Crippen molar-refractivity contribution in [3.05, 3.63) is 65.9 Å². The minimum atomic E-state index is -3.82. The number of hydrogen-bond donors (Lipinski definition) is 2. The number of nitrogens with one attached hydrogen (secondary N) is 1. The van der Waals surface area contributed by atoms with Gasteiger partial charge in [0.2, 0.25) is 10.0 Å². The number of aromatic nitrogens is 2. The summed E-state index contributed by atoms with van der Waals surface area (Å²) in [6, 6.07) is 13.6. The molecular weight excluding hydrogens is 344 g/mol. The Hall–Kier alpha value is -3.20. The molecule has 128 valence electrons. The van der Waals surface area contributed by atoms with Crippen molar-refractivity contribution in [1.29, 1.82) is 0 Å².